The molecule has 2 saturated heterocycles. The van der Waals surface area contributed by atoms with Crippen LogP contribution in [0.25, 0.3) is 11.1 Å². The zero-order chi connectivity index (χ0) is 26.3. The van der Waals surface area contributed by atoms with Gasteiger partial charge in [0.25, 0.3) is 0 Å². The molecule has 0 bridgehead atoms. The second-order valence-corrected chi connectivity index (χ2v) is 10.4. The third-order valence-electron chi connectivity index (χ3n) is 7.51. The Labute approximate surface area is 225 Å². The van der Waals surface area contributed by atoms with E-state index in [-0.39, 0.29) is 24.7 Å². The Hall–Kier alpha value is -3.03. The maximum absolute atomic E-state index is 11.3. The van der Waals surface area contributed by atoms with Crippen LogP contribution in [0.4, 0.5) is 0 Å². The van der Waals surface area contributed by atoms with E-state index in [1.807, 2.05) is 24.3 Å². The van der Waals surface area contributed by atoms with E-state index in [9.17, 15) is 9.90 Å². The normalized spacial score (nSPS) is 22.2. The van der Waals surface area contributed by atoms with E-state index in [2.05, 4.69) is 58.7 Å². The van der Waals surface area contributed by atoms with Gasteiger partial charge in [-0.25, -0.2) is 0 Å². The molecule has 0 saturated carbocycles. The van der Waals surface area contributed by atoms with Crippen molar-refractivity contribution in [2.24, 2.45) is 0 Å². The summed E-state index contributed by atoms with van der Waals surface area (Å²) in [5.74, 6) is -0.0338. The highest BCUT2D eigenvalue weighted by Crippen LogP contribution is 2.38. The van der Waals surface area contributed by atoms with Gasteiger partial charge in [0.1, 0.15) is 0 Å². The summed E-state index contributed by atoms with van der Waals surface area (Å²) >= 11 is 0. The van der Waals surface area contributed by atoms with Crippen molar-refractivity contribution >= 4 is 5.91 Å². The molecule has 3 aromatic carbocycles. The largest absolute Gasteiger partial charge is 0.392 e. The number of aliphatic hydroxyl groups excluding tert-OH is 1. The Morgan fingerprint density at radius 2 is 1.63 bits per heavy atom. The van der Waals surface area contributed by atoms with Crippen molar-refractivity contribution in [3.63, 3.8) is 0 Å². The quantitative estimate of drug-likeness (QED) is 0.415. The molecule has 2 aliphatic heterocycles. The first-order valence-corrected chi connectivity index (χ1v) is 13.7. The number of hydrogen-bond donors (Lipinski definition) is 2. The molecule has 5 rings (SSSR count). The van der Waals surface area contributed by atoms with Gasteiger partial charge in [0, 0.05) is 32.0 Å². The molecule has 3 atom stereocenters. The van der Waals surface area contributed by atoms with E-state index in [0.717, 1.165) is 59.4 Å². The highest BCUT2D eigenvalue weighted by atomic mass is 16.7. The summed E-state index contributed by atoms with van der Waals surface area (Å²) in [6.07, 6.45) is 4.21. The molecular formula is C32H38N2O4. The third-order valence-corrected chi connectivity index (χ3v) is 7.51. The topological polar surface area (TPSA) is 71.0 Å². The summed E-state index contributed by atoms with van der Waals surface area (Å²) in [7, 11) is 0. The molecule has 2 N–H and O–H groups in total. The summed E-state index contributed by atoms with van der Waals surface area (Å²) in [6.45, 7) is 5.28. The number of nitrogens with one attached hydrogen (secondary N) is 1. The zero-order valence-electron chi connectivity index (χ0n) is 22.1. The van der Waals surface area contributed by atoms with Crippen LogP contribution in [0.1, 0.15) is 67.3 Å². The highest BCUT2D eigenvalue weighted by Gasteiger charge is 2.33. The molecular weight excluding hydrogens is 476 g/mol. The van der Waals surface area contributed by atoms with Gasteiger partial charge in [0.05, 0.1) is 18.8 Å². The molecule has 0 aromatic heterocycles. The summed E-state index contributed by atoms with van der Waals surface area (Å²) in [4.78, 5) is 13.8. The van der Waals surface area contributed by atoms with Crippen molar-refractivity contribution in [1.82, 2.24) is 10.2 Å². The fourth-order valence-corrected chi connectivity index (χ4v) is 5.38. The van der Waals surface area contributed by atoms with Gasteiger partial charge in [0.2, 0.25) is 5.91 Å². The van der Waals surface area contributed by atoms with Crippen molar-refractivity contribution in [1.29, 1.82) is 0 Å². The standard InChI is InChI=1S/C32H38N2O4/c1-23(36)33-20-25-6-5-7-29(18-25)26-12-14-28(15-13-26)32-37-30(21-34-16-3-2-4-17-34)19-31(38-32)27-10-8-24(22-35)9-11-27/h5-15,18,30-32,35H,2-4,16-17,19-22H2,1H3,(H,33,36). The van der Waals surface area contributed by atoms with Crippen LogP contribution < -0.4 is 5.32 Å². The van der Waals surface area contributed by atoms with Crippen LogP contribution in [-0.2, 0) is 27.4 Å². The third kappa shape index (κ3) is 6.88. The molecule has 0 aliphatic carbocycles. The van der Waals surface area contributed by atoms with Gasteiger partial charge < -0.3 is 24.8 Å². The Kier molecular flexibility index (Phi) is 8.86. The second kappa shape index (κ2) is 12.7. The van der Waals surface area contributed by atoms with Crippen LogP contribution in [-0.4, -0.2) is 41.7 Å². The fraction of sp³-hybridized carbons (Fsp3) is 0.406. The lowest BCUT2D eigenvalue weighted by atomic mass is 9.98. The van der Waals surface area contributed by atoms with Gasteiger partial charge in [-0.3, -0.25) is 4.79 Å². The van der Waals surface area contributed by atoms with E-state index in [0.29, 0.717) is 6.54 Å². The number of carbonyl (C=O) groups is 1. The molecule has 2 aliphatic rings. The molecule has 0 radical (unpaired) electrons. The average Bonchev–Trinajstić information content (AvgIpc) is 2.97. The SMILES string of the molecule is CC(=O)NCc1cccc(-c2ccc(C3OC(CN4CCCCC4)CC(c4ccc(CO)cc4)O3)cc2)c1. The Morgan fingerprint density at radius 3 is 2.34 bits per heavy atom. The predicted octanol–water partition coefficient (Wildman–Crippen LogP) is 5.51. The minimum atomic E-state index is -0.443. The van der Waals surface area contributed by atoms with Gasteiger partial charge in [-0.05, 0) is 59.8 Å². The molecule has 6 heteroatoms. The summed E-state index contributed by atoms with van der Waals surface area (Å²) in [5, 5.41) is 12.3. The van der Waals surface area contributed by atoms with Crippen LogP contribution in [0, 0.1) is 0 Å². The number of likely N-dealkylation sites (tertiary alicyclic amines) is 1. The van der Waals surface area contributed by atoms with Crippen LogP contribution in [0.15, 0.2) is 72.8 Å². The molecule has 2 fully saturated rings. The Bertz CT molecular complexity index is 1190. The van der Waals surface area contributed by atoms with Gasteiger partial charge in [-0.2, -0.15) is 0 Å². The number of carbonyl (C=O) groups excluding carboxylic acids is 1. The van der Waals surface area contributed by atoms with E-state index < -0.39 is 6.29 Å². The number of hydrogen-bond acceptors (Lipinski definition) is 5. The smallest absolute Gasteiger partial charge is 0.217 e. The number of rotatable bonds is 8. The number of nitrogens with zero attached hydrogens (tertiary/aromatic N) is 1. The first-order chi connectivity index (χ1) is 18.6. The Morgan fingerprint density at radius 1 is 0.895 bits per heavy atom. The van der Waals surface area contributed by atoms with Crippen molar-refractivity contribution < 1.29 is 19.4 Å². The van der Waals surface area contributed by atoms with Crippen LogP contribution in [0.5, 0.6) is 0 Å². The monoisotopic (exact) mass is 514 g/mol. The molecule has 3 aromatic rings. The average molecular weight is 515 g/mol. The summed E-state index contributed by atoms with van der Waals surface area (Å²) in [5.41, 5.74) is 6.30. The molecule has 2 heterocycles. The minimum absolute atomic E-state index is 0.0338. The number of benzene rings is 3. The Balaban J connectivity index is 1.33. The second-order valence-electron chi connectivity index (χ2n) is 10.4. The van der Waals surface area contributed by atoms with Gasteiger partial charge in [-0.15, -0.1) is 0 Å². The molecule has 200 valence electrons. The lowest BCUT2D eigenvalue weighted by molar-refractivity contribution is -0.253. The van der Waals surface area contributed by atoms with E-state index in [1.54, 1.807) is 0 Å². The molecule has 1 amide bonds. The number of piperidine rings is 1. The number of amides is 1. The lowest BCUT2D eigenvalue weighted by Gasteiger charge is -2.39. The lowest BCUT2D eigenvalue weighted by Crippen LogP contribution is -2.41. The first kappa shape index (κ1) is 26.6. The highest BCUT2D eigenvalue weighted by molar-refractivity contribution is 5.73. The predicted molar refractivity (Wildman–Crippen MR) is 148 cm³/mol. The van der Waals surface area contributed by atoms with Crippen molar-refractivity contribution in [3.8, 4) is 11.1 Å². The minimum Gasteiger partial charge on any atom is -0.392 e. The van der Waals surface area contributed by atoms with Crippen LogP contribution in [0.3, 0.4) is 0 Å². The molecule has 38 heavy (non-hydrogen) atoms. The van der Waals surface area contributed by atoms with E-state index >= 15 is 0 Å². The molecule has 0 spiro atoms. The summed E-state index contributed by atoms with van der Waals surface area (Å²) in [6, 6.07) is 24.7. The van der Waals surface area contributed by atoms with Gasteiger partial charge in [0.15, 0.2) is 6.29 Å². The molecule has 6 nitrogen and oxygen atoms in total. The fourth-order valence-electron chi connectivity index (χ4n) is 5.38. The van der Waals surface area contributed by atoms with Crippen molar-refractivity contribution in [2.45, 2.75) is 64.3 Å². The van der Waals surface area contributed by atoms with Crippen molar-refractivity contribution in [3.05, 3.63) is 95.1 Å². The van der Waals surface area contributed by atoms with E-state index in [1.165, 1.54) is 26.2 Å². The molecule has 3 unspecified atom stereocenters. The van der Waals surface area contributed by atoms with E-state index in [4.69, 9.17) is 9.47 Å². The first-order valence-electron chi connectivity index (χ1n) is 13.7. The van der Waals surface area contributed by atoms with Crippen molar-refractivity contribution in [2.75, 3.05) is 19.6 Å². The van der Waals surface area contributed by atoms with Crippen LogP contribution in [0.2, 0.25) is 0 Å². The maximum Gasteiger partial charge on any atom is 0.217 e. The maximum atomic E-state index is 11.3. The van der Waals surface area contributed by atoms with Gasteiger partial charge in [-0.1, -0.05) is 73.2 Å². The zero-order valence-corrected chi connectivity index (χ0v) is 22.1. The summed E-state index contributed by atoms with van der Waals surface area (Å²) < 4.78 is 13.1. The van der Waals surface area contributed by atoms with Crippen LogP contribution >= 0.6 is 0 Å². The number of aliphatic hydroxyl groups is 1. The van der Waals surface area contributed by atoms with Gasteiger partial charge >= 0.3 is 0 Å². The number of ether oxygens (including phenoxy) is 2.